The van der Waals surface area contributed by atoms with Gasteiger partial charge in [0.25, 0.3) is 0 Å². The quantitative estimate of drug-likeness (QED) is 0.814. The molecule has 2 N–H and O–H groups in total. The van der Waals surface area contributed by atoms with Crippen LogP contribution in [0.15, 0.2) is 21.5 Å². The minimum absolute atomic E-state index is 0.00536. The highest BCUT2D eigenvalue weighted by Gasteiger charge is 2.24. The van der Waals surface area contributed by atoms with Crippen LogP contribution < -0.4 is 5.14 Å². The summed E-state index contributed by atoms with van der Waals surface area (Å²) in [5, 5.41) is 5.21. The number of carbonyl (C=O) groups excluding carboxylic acids is 1. The summed E-state index contributed by atoms with van der Waals surface area (Å²) in [7, 11) is -3.95. The number of ether oxygens (including phenoxy) is 1. The number of nitrogens with two attached hydrogens (primary N) is 1. The second-order valence-electron chi connectivity index (χ2n) is 4.62. The Labute approximate surface area is 130 Å². The maximum atomic E-state index is 12.1. The van der Waals surface area contributed by atoms with Crippen LogP contribution in [0.2, 0.25) is 5.02 Å². The van der Waals surface area contributed by atoms with Crippen molar-refractivity contribution in [3.05, 3.63) is 27.2 Å². The van der Waals surface area contributed by atoms with Crippen molar-refractivity contribution in [1.82, 2.24) is 0 Å². The van der Waals surface area contributed by atoms with Crippen LogP contribution in [-0.2, 0) is 14.8 Å². The molecule has 2 rings (SSSR count). The van der Waals surface area contributed by atoms with E-state index in [2.05, 4.69) is 15.9 Å². The van der Waals surface area contributed by atoms with E-state index in [1.54, 1.807) is 0 Å². The predicted molar refractivity (Wildman–Crippen MR) is 78.2 cm³/mol. The third-order valence-electron chi connectivity index (χ3n) is 3.12. The van der Waals surface area contributed by atoms with Crippen LogP contribution in [0.25, 0.3) is 0 Å². The summed E-state index contributed by atoms with van der Waals surface area (Å²) in [5.74, 6) is -0.626. The number of halogens is 2. The van der Waals surface area contributed by atoms with Crippen LogP contribution in [0.1, 0.15) is 36.0 Å². The van der Waals surface area contributed by atoms with Gasteiger partial charge in [0.1, 0.15) is 6.10 Å². The number of hydrogen-bond acceptors (Lipinski definition) is 4. The molecule has 0 radical (unpaired) electrons. The van der Waals surface area contributed by atoms with Gasteiger partial charge in [-0.05, 0) is 53.7 Å². The van der Waals surface area contributed by atoms with E-state index in [4.69, 9.17) is 21.5 Å². The Morgan fingerprint density at radius 2 is 1.95 bits per heavy atom. The number of benzene rings is 1. The Morgan fingerprint density at radius 1 is 1.35 bits per heavy atom. The minimum Gasteiger partial charge on any atom is -0.459 e. The van der Waals surface area contributed by atoms with E-state index in [-0.39, 0.29) is 26.1 Å². The molecule has 20 heavy (non-hydrogen) atoms. The average Bonchev–Trinajstić information content (AvgIpc) is 2.79. The lowest BCUT2D eigenvalue weighted by Crippen LogP contribution is -2.17. The normalized spacial score (nSPS) is 16.4. The standard InChI is InChI=1S/C12H13BrClNO4S/c13-9-6-10(14)8(5-11(9)20(15,17)18)12(16)19-7-3-1-2-4-7/h5-7H,1-4H2,(H2,15,17,18). The Morgan fingerprint density at radius 3 is 2.50 bits per heavy atom. The summed E-state index contributed by atoms with van der Waals surface area (Å²) < 4.78 is 28.4. The van der Waals surface area contributed by atoms with Crippen molar-refractivity contribution in [2.75, 3.05) is 0 Å². The molecule has 5 nitrogen and oxygen atoms in total. The Hall–Kier alpha value is -0.630. The average molecular weight is 383 g/mol. The van der Waals surface area contributed by atoms with Gasteiger partial charge in [-0.2, -0.15) is 0 Å². The zero-order valence-corrected chi connectivity index (χ0v) is 13.6. The van der Waals surface area contributed by atoms with Gasteiger partial charge >= 0.3 is 5.97 Å². The molecule has 0 unspecified atom stereocenters. The van der Waals surface area contributed by atoms with E-state index in [1.807, 2.05) is 0 Å². The van der Waals surface area contributed by atoms with E-state index >= 15 is 0 Å². The number of carbonyl (C=O) groups is 1. The molecule has 0 bridgehead atoms. The zero-order chi connectivity index (χ0) is 14.9. The lowest BCUT2D eigenvalue weighted by Gasteiger charge is -2.13. The molecular weight excluding hydrogens is 370 g/mol. The summed E-state index contributed by atoms with van der Waals surface area (Å²) in [4.78, 5) is 11.9. The maximum Gasteiger partial charge on any atom is 0.339 e. The van der Waals surface area contributed by atoms with E-state index < -0.39 is 16.0 Å². The summed E-state index contributed by atoms with van der Waals surface area (Å²) in [5.41, 5.74) is 0.00536. The number of rotatable bonds is 3. The summed E-state index contributed by atoms with van der Waals surface area (Å²) >= 11 is 9.02. The molecule has 1 fully saturated rings. The first-order valence-corrected chi connectivity index (χ1v) is 8.73. The van der Waals surface area contributed by atoms with Crippen LogP contribution in [0, 0.1) is 0 Å². The van der Waals surface area contributed by atoms with Crippen LogP contribution >= 0.6 is 27.5 Å². The number of esters is 1. The van der Waals surface area contributed by atoms with Crippen molar-refractivity contribution in [3.8, 4) is 0 Å². The molecule has 0 atom stereocenters. The SMILES string of the molecule is NS(=O)(=O)c1cc(C(=O)OC2CCCC2)c(Cl)cc1Br. The first kappa shape index (κ1) is 15.8. The summed E-state index contributed by atoms with van der Waals surface area (Å²) in [6.07, 6.45) is 3.56. The third kappa shape index (κ3) is 3.52. The van der Waals surface area contributed by atoms with E-state index in [0.29, 0.717) is 0 Å². The molecule has 1 aromatic rings. The topological polar surface area (TPSA) is 86.5 Å². The molecule has 0 aromatic heterocycles. The number of hydrogen-bond donors (Lipinski definition) is 1. The molecule has 0 heterocycles. The molecule has 0 spiro atoms. The molecule has 0 aliphatic heterocycles. The number of primary sulfonamides is 1. The number of sulfonamides is 1. The van der Waals surface area contributed by atoms with Crippen LogP contribution in [0.3, 0.4) is 0 Å². The van der Waals surface area contributed by atoms with Crippen LogP contribution in [0.4, 0.5) is 0 Å². The highest BCUT2D eigenvalue weighted by molar-refractivity contribution is 9.10. The lowest BCUT2D eigenvalue weighted by atomic mass is 10.2. The Bertz CT molecular complexity index is 641. The van der Waals surface area contributed by atoms with Crippen LogP contribution in [-0.4, -0.2) is 20.5 Å². The van der Waals surface area contributed by atoms with Gasteiger partial charge in [0.2, 0.25) is 10.0 Å². The Kier molecular flexibility index (Phi) is 4.73. The molecular formula is C12H13BrClNO4S. The highest BCUT2D eigenvalue weighted by atomic mass is 79.9. The summed E-state index contributed by atoms with van der Waals surface area (Å²) in [6, 6.07) is 2.46. The van der Waals surface area contributed by atoms with Crippen molar-refractivity contribution in [2.24, 2.45) is 5.14 Å². The van der Waals surface area contributed by atoms with Crippen molar-refractivity contribution in [3.63, 3.8) is 0 Å². The fourth-order valence-corrected chi connectivity index (χ4v) is 4.13. The first-order chi connectivity index (χ1) is 9.29. The zero-order valence-electron chi connectivity index (χ0n) is 10.4. The van der Waals surface area contributed by atoms with Crippen molar-refractivity contribution in [2.45, 2.75) is 36.7 Å². The van der Waals surface area contributed by atoms with Gasteiger partial charge in [-0.3, -0.25) is 0 Å². The second kappa shape index (κ2) is 6.01. The molecule has 1 aliphatic carbocycles. The van der Waals surface area contributed by atoms with Gasteiger partial charge in [-0.15, -0.1) is 0 Å². The van der Waals surface area contributed by atoms with Gasteiger partial charge in [0.15, 0.2) is 0 Å². The molecule has 110 valence electrons. The molecule has 1 saturated carbocycles. The first-order valence-electron chi connectivity index (χ1n) is 6.02. The predicted octanol–water partition coefficient (Wildman–Crippen LogP) is 2.85. The van der Waals surface area contributed by atoms with Gasteiger partial charge < -0.3 is 4.74 Å². The Balaban J connectivity index is 2.33. The minimum atomic E-state index is -3.95. The largest absolute Gasteiger partial charge is 0.459 e. The third-order valence-corrected chi connectivity index (χ3v) is 5.31. The summed E-state index contributed by atoms with van der Waals surface area (Å²) in [6.45, 7) is 0. The van der Waals surface area contributed by atoms with Gasteiger partial charge in [-0.25, -0.2) is 18.4 Å². The lowest BCUT2D eigenvalue weighted by molar-refractivity contribution is 0.0318. The van der Waals surface area contributed by atoms with Crippen molar-refractivity contribution < 1.29 is 17.9 Å². The molecule has 1 aliphatic rings. The molecule has 1 aromatic carbocycles. The molecule has 0 amide bonds. The molecule has 8 heteroatoms. The highest BCUT2D eigenvalue weighted by Crippen LogP contribution is 2.30. The van der Waals surface area contributed by atoms with Crippen LogP contribution in [0.5, 0.6) is 0 Å². The van der Waals surface area contributed by atoms with Gasteiger partial charge in [0.05, 0.1) is 15.5 Å². The smallest absolute Gasteiger partial charge is 0.339 e. The van der Waals surface area contributed by atoms with Crippen molar-refractivity contribution >= 4 is 43.5 Å². The second-order valence-corrected chi connectivity index (χ2v) is 7.41. The van der Waals surface area contributed by atoms with Gasteiger partial charge in [0, 0.05) is 4.47 Å². The van der Waals surface area contributed by atoms with E-state index in [1.165, 1.54) is 6.07 Å². The monoisotopic (exact) mass is 381 g/mol. The fourth-order valence-electron chi connectivity index (χ4n) is 2.12. The van der Waals surface area contributed by atoms with E-state index in [9.17, 15) is 13.2 Å². The molecule has 0 saturated heterocycles. The van der Waals surface area contributed by atoms with Gasteiger partial charge in [-0.1, -0.05) is 11.6 Å². The maximum absolute atomic E-state index is 12.1. The van der Waals surface area contributed by atoms with Crippen molar-refractivity contribution in [1.29, 1.82) is 0 Å². The van der Waals surface area contributed by atoms with E-state index in [0.717, 1.165) is 31.7 Å². The fraction of sp³-hybridized carbons (Fsp3) is 0.417.